The number of rotatable bonds is 3. The van der Waals surface area contributed by atoms with Gasteiger partial charge in [-0.1, -0.05) is 12.1 Å². The van der Waals surface area contributed by atoms with Crippen molar-refractivity contribution in [2.45, 2.75) is 51.5 Å². The van der Waals surface area contributed by atoms with E-state index in [4.69, 9.17) is 5.84 Å². The number of hydrogen-bond donors (Lipinski definition) is 2. The third kappa shape index (κ3) is 2.13. The minimum Gasteiger partial charge on any atom is -0.271 e. The van der Waals surface area contributed by atoms with E-state index in [9.17, 15) is 4.39 Å². The van der Waals surface area contributed by atoms with Crippen molar-refractivity contribution in [2.24, 2.45) is 29.0 Å². The highest BCUT2D eigenvalue weighted by atomic mass is 19.1. The van der Waals surface area contributed by atoms with Crippen LogP contribution in [0.15, 0.2) is 18.2 Å². The lowest BCUT2D eigenvalue weighted by Gasteiger charge is -2.59. The second kappa shape index (κ2) is 4.79. The quantitative estimate of drug-likeness (QED) is 0.655. The molecular weight excluding hydrogens is 263 g/mol. The summed E-state index contributed by atoms with van der Waals surface area (Å²) < 4.78 is 14.0. The van der Waals surface area contributed by atoms with Gasteiger partial charge in [0.05, 0.1) is 6.04 Å². The van der Waals surface area contributed by atoms with Gasteiger partial charge in [0, 0.05) is 0 Å². The molecule has 114 valence electrons. The predicted octanol–water partition coefficient (Wildman–Crippen LogP) is 3.85. The molecule has 4 aliphatic carbocycles. The summed E-state index contributed by atoms with van der Waals surface area (Å²) in [4.78, 5) is 0. The van der Waals surface area contributed by atoms with Crippen LogP contribution in [0.2, 0.25) is 0 Å². The molecule has 1 aromatic rings. The maximum atomic E-state index is 14.0. The van der Waals surface area contributed by atoms with Gasteiger partial charge in [0.15, 0.2) is 0 Å². The average Bonchev–Trinajstić information content (AvgIpc) is 2.41. The van der Waals surface area contributed by atoms with Gasteiger partial charge in [-0.25, -0.2) is 4.39 Å². The fourth-order valence-electron chi connectivity index (χ4n) is 5.95. The summed E-state index contributed by atoms with van der Waals surface area (Å²) in [5, 5.41) is 0. The van der Waals surface area contributed by atoms with Crippen molar-refractivity contribution in [3.63, 3.8) is 0 Å². The van der Waals surface area contributed by atoms with Crippen LogP contribution in [0, 0.1) is 35.9 Å². The fraction of sp³-hybridized carbons (Fsp3) is 0.667. The fourth-order valence-corrected chi connectivity index (χ4v) is 5.95. The monoisotopic (exact) mass is 288 g/mol. The van der Waals surface area contributed by atoms with Crippen molar-refractivity contribution in [3.05, 3.63) is 35.1 Å². The molecule has 0 amide bonds. The lowest BCUT2D eigenvalue weighted by Crippen LogP contribution is -2.53. The Kier molecular flexibility index (Phi) is 3.13. The highest BCUT2D eigenvalue weighted by Gasteiger charge is 2.54. The number of benzene rings is 1. The zero-order chi connectivity index (χ0) is 14.6. The molecule has 4 bridgehead atoms. The Morgan fingerprint density at radius 3 is 2.19 bits per heavy atom. The van der Waals surface area contributed by atoms with E-state index >= 15 is 0 Å². The smallest absolute Gasteiger partial charge is 0.126 e. The number of hydrogen-bond acceptors (Lipinski definition) is 2. The van der Waals surface area contributed by atoms with E-state index < -0.39 is 0 Å². The molecule has 0 saturated heterocycles. The largest absolute Gasteiger partial charge is 0.271 e. The summed E-state index contributed by atoms with van der Waals surface area (Å²) in [6.45, 7) is 1.81. The van der Waals surface area contributed by atoms with Crippen molar-refractivity contribution in [2.75, 3.05) is 0 Å². The van der Waals surface area contributed by atoms with Crippen LogP contribution in [-0.4, -0.2) is 0 Å². The van der Waals surface area contributed by atoms with Gasteiger partial charge in [-0.2, -0.15) is 0 Å². The minimum atomic E-state index is -0.113. The lowest BCUT2D eigenvalue weighted by molar-refractivity contribution is -0.0749. The normalized spacial score (nSPS) is 38.7. The Bertz CT molecular complexity index is 519. The van der Waals surface area contributed by atoms with Crippen molar-refractivity contribution >= 4 is 0 Å². The van der Waals surface area contributed by atoms with Crippen LogP contribution in [0.3, 0.4) is 0 Å². The third-order valence-electron chi connectivity index (χ3n) is 6.39. The van der Waals surface area contributed by atoms with Gasteiger partial charge < -0.3 is 0 Å². The van der Waals surface area contributed by atoms with Crippen LogP contribution in [-0.2, 0) is 0 Å². The first-order valence-corrected chi connectivity index (χ1v) is 8.32. The van der Waals surface area contributed by atoms with E-state index in [1.165, 1.54) is 38.5 Å². The van der Waals surface area contributed by atoms with E-state index in [2.05, 4.69) is 11.5 Å². The summed E-state index contributed by atoms with van der Waals surface area (Å²) in [6.07, 6.45) is 8.05. The van der Waals surface area contributed by atoms with E-state index in [0.717, 1.165) is 23.3 Å². The van der Waals surface area contributed by atoms with Crippen molar-refractivity contribution < 1.29 is 4.39 Å². The number of aryl methyl sites for hydroxylation is 1. The number of hydrazine groups is 1. The average molecular weight is 288 g/mol. The molecule has 4 fully saturated rings. The second-order valence-corrected chi connectivity index (χ2v) is 7.89. The van der Waals surface area contributed by atoms with E-state index in [1.807, 2.05) is 13.0 Å². The Balaban J connectivity index is 1.70. The first kappa shape index (κ1) is 13.7. The highest BCUT2D eigenvalue weighted by Crippen LogP contribution is 2.63. The lowest BCUT2D eigenvalue weighted by atomic mass is 9.47. The summed E-state index contributed by atoms with van der Waals surface area (Å²) in [5.74, 6) is 8.46. The number of nitrogens with two attached hydrogens (primary N) is 1. The molecule has 5 rings (SSSR count). The zero-order valence-corrected chi connectivity index (χ0v) is 12.7. The molecule has 1 atom stereocenters. The summed E-state index contributed by atoms with van der Waals surface area (Å²) in [7, 11) is 0. The Morgan fingerprint density at radius 1 is 1.14 bits per heavy atom. The van der Waals surface area contributed by atoms with E-state index in [1.54, 1.807) is 6.07 Å². The SMILES string of the molecule is Cc1ccc(C(NN)C23CC4CC(CC(C4)C2)C3)cc1F. The molecule has 0 heterocycles. The second-order valence-electron chi connectivity index (χ2n) is 7.89. The third-order valence-corrected chi connectivity index (χ3v) is 6.39. The predicted molar refractivity (Wildman–Crippen MR) is 81.8 cm³/mol. The molecular formula is C18H25FN2. The van der Waals surface area contributed by atoms with E-state index in [0.29, 0.717) is 5.56 Å². The van der Waals surface area contributed by atoms with Crippen LogP contribution in [0.25, 0.3) is 0 Å². The van der Waals surface area contributed by atoms with Gasteiger partial charge >= 0.3 is 0 Å². The van der Waals surface area contributed by atoms with Crippen LogP contribution < -0.4 is 11.3 Å². The van der Waals surface area contributed by atoms with Crippen molar-refractivity contribution in [1.29, 1.82) is 0 Å². The molecule has 1 aromatic carbocycles. The maximum Gasteiger partial charge on any atom is 0.126 e. The molecule has 3 N–H and O–H groups in total. The summed E-state index contributed by atoms with van der Waals surface area (Å²) in [6, 6.07) is 5.73. The van der Waals surface area contributed by atoms with Gasteiger partial charge in [-0.3, -0.25) is 11.3 Å². The van der Waals surface area contributed by atoms with Crippen molar-refractivity contribution in [1.82, 2.24) is 5.43 Å². The molecule has 2 nitrogen and oxygen atoms in total. The Morgan fingerprint density at radius 2 is 1.71 bits per heavy atom. The Hall–Kier alpha value is -0.930. The maximum absolute atomic E-state index is 14.0. The Labute approximate surface area is 126 Å². The molecule has 21 heavy (non-hydrogen) atoms. The number of halogens is 1. The molecule has 4 aliphatic rings. The van der Waals surface area contributed by atoms with Crippen LogP contribution >= 0.6 is 0 Å². The zero-order valence-electron chi connectivity index (χ0n) is 12.7. The molecule has 4 saturated carbocycles. The van der Waals surface area contributed by atoms with Gasteiger partial charge in [0.1, 0.15) is 5.82 Å². The molecule has 0 spiro atoms. The molecule has 0 radical (unpaired) electrons. The molecule has 0 aliphatic heterocycles. The first-order valence-electron chi connectivity index (χ1n) is 8.32. The van der Waals surface area contributed by atoms with Crippen LogP contribution in [0.5, 0.6) is 0 Å². The van der Waals surface area contributed by atoms with Crippen LogP contribution in [0.1, 0.15) is 55.7 Å². The standard InChI is InChI=1S/C18H25FN2/c1-11-2-3-15(7-16(11)19)17(21-20)18-8-12-4-13(9-18)6-14(5-12)10-18/h2-3,7,12-14,17,21H,4-6,8-10,20H2,1H3. The first-order chi connectivity index (χ1) is 10.1. The molecule has 1 unspecified atom stereocenters. The number of nitrogens with one attached hydrogen (secondary N) is 1. The van der Waals surface area contributed by atoms with Gasteiger partial charge in [-0.15, -0.1) is 0 Å². The summed E-state index contributed by atoms with van der Waals surface area (Å²) in [5.41, 5.74) is 5.05. The summed E-state index contributed by atoms with van der Waals surface area (Å²) >= 11 is 0. The van der Waals surface area contributed by atoms with Gasteiger partial charge in [-0.05, 0) is 85.8 Å². The molecule has 3 heteroatoms. The van der Waals surface area contributed by atoms with Gasteiger partial charge in [0.2, 0.25) is 0 Å². The topological polar surface area (TPSA) is 38.0 Å². The highest BCUT2D eigenvalue weighted by molar-refractivity contribution is 5.28. The van der Waals surface area contributed by atoms with Gasteiger partial charge in [0.25, 0.3) is 0 Å². The molecule has 0 aromatic heterocycles. The van der Waals surface area contributed by atoms with Crippen LogP contribution in [0.4, 0.5) is 4.39 Å². The van der Waals surface area contributed by atoms with Crippen molar-refractivity contribution in [3.8, 4) is 0 Å². The minimum absolute atomic E-state index is 0.0981. The van der Waals surface area contributed by atoms with E-state index in [-0.39, 0.29) is 17.3 Å².